The standard InChI is InChI=1S/C13H13FN2OS/c1-9-5-7-18-11(9)8-16(2)13(17)10-4-3-6-15-12(10)14/h3-7H,8H2,1-2H3. The quantitative estimate of drug-likeness (QED) is 0.799. The SMILES string of the molecule is Cc1ccsc1CN(C)C(=O)c1cccnc1F. The van der Waals surface area contributed by atoms with Gasteiger partial charge in [0.05, 0.1) is 12.1 Å². The van der Waals surface area contributed by atoms with Crippen molar-refractivity contribution in [3.8, 4) is 0 Å². The van der Waals surface area contributed by atoms with E-state index in [4.69, 9.17) is 0 Å². The summed E-state index contributed by atoms with van der Waals surface area (Å²) in [7, 11) is 1.66. The molecule has 0 radical (unpaired) electrons. The molecule has 3 nitrogen and oxygen atoms in total. The molecule has 0 unspecified atom stereocenters. The number of hydrogen-bond donors (Lipinski definition) is 0. The number of rotatable bonds is 3. The normalized spacial score (nSPS) is 10.4. The molecule has 2 aromatic rings. The monoisotopic (exact) mass is 264 g/mol. The molecule has 18 heavy (non-hydrogen) atoms. The molecule has 2 heterocycles. The number of hydrogen-bond acceptors (Lipinski definition) is 3. The number of halogens is 1. The van der Waals surface area contributed by atoms with E-state index in [2.05, 4.69) is 4.98 Å². The Kier molecular flexibility index (Phi) is 3.72. The molecule has 0 atom stereocenters. The van der Waals surface area contributed by atoms with Gasteiger partial charge in [0.15, 0.2) is 0 Å². The van der Waals surface area contributed by atoms with E-state index in [1.807, 2.05) is 18.4 Å². The number of amides is 1. The van der Waals surface area contributed by atoms with Gasteiger partial charge in [-0.25, -0.2) is 4.98 Å². The Balaban J connectivity index is 2.15. The molecule has 0 bridgehead atoms. The van der Waals surface area contributed by atoms with Crippen LogP contribution in [-0.4, -0.2) is 22.8 Å². The summed E-state index contributed by atoms with van der Waals surface area (Å²) in [6.45, 7) is 2.48. The van der Waals surface area contributed by atoms with E-state index in [-0.39, 0.29) is 11.5 Å². The molecule has 0 aliphatic heterocycles. The second-order valence-electron chi connectivity index (χ2n) is 4.03. The summed E-state index contributed by atoms with van der Waals surface area (Å²) in [4.78, 5) is 18.1. The fourth-order valence-electron chi connectivity index (χ4n) is 1.60. The van der Waals surface area contributed by atoms with E-state index < -0.39 is 5.95 Å². The molecule has 1 amide bonds. The lowest BCUT2D eigenvalue weighted by Gasteiger charge is -2.16. The van der Waals surface area contributed by atoms with Crippen LogP contribution in [0.4, 0.5) is 4.39 Å². The first-order chi connectivity index (χ1) is 8.59. The van der Waals surface area contributed by atoms with Crippen molar-refractivity contribution in [3.05, 3.63) is 51.7 Å². The number of carbonyl (C=O) groups excluding carboxylic acids is 1. The lowest BCUT2D eigenvalue weighted by atomic mass is 10.2. The summed E-state index contributed by atoms with van der Waals surface area (Å²) in [5, 5.41) is 1.98. The maximum Gasteiger partial charge on any atom is 0.258 e. The predicted molar refractivity (Wildman–Crippen MR) is 69.0 cm³/mol. The van der Waals surface area contributed by atoms with Gasteiger partial charge in [0.25, 0.3) is 5.91 Å². The first kappa shape index (κ1) is 12.7. The highest BCUT2D eigenvalue weighted by Gasteiger charge is 2.17. The summed E-state index contributed by atoms with van der Waals surface area (Å²) in [5.74, 6) is -1.08. The van der Waals surface area contributed by atoms with Crippen LogP contribution >= 0.6 is 11.3 Å². The zero-order valence-electron chi connectivity index (χ0n) is 10.2. The van der Waals surface area contributed by atoms with E-state index in [0.29, 0.717) is 6.54 Å². The fraction of sp³-hybridized carbons (Fsp3) is 0.231. The lowest BCUT2D eigenvalue weighted by Crippen LogP contribution is -2.27. The van der Waals surface area contributed by atoms with Crippen LogP contribution in [0.2, 0.25) is 0 Å². The largest absolute Gasteiger partial charge is 0.336 e. The second-order valence-corrected chi connectivity index (χ2v) is 5.03. The minimum absolute atomic E-state index is 0.00853. The van der Waals surface area contributed by atoms with Crippen LogP contribution in [0.15, 0.2) is 29.8 Å². The Bertz CT molecular complexity index is 568. The van der Waals surface area contributed by atoms with Gasteiger partial charge in [-0.2, -0.15) is 4.39 Å². The third-order valence-electron chi connectivity index (χ3n) is 2.69. The molecule has 0 aromatic carbocycles. The number of carbonyl (C=O) groups is 1. The van der Waals surface area contributed by atoms with Gasteiger partial charge in [-0.15, -0.1) is 11.3 Å². The molecule has 2 aromatic heterocycles. The van der Waals surface area contributed by atoms with Crippen LogP contribution in [-0.2, 0) is 6.54 Å². The van der Waals surface area contributed by atoms with Crippen molar-refractivity contribution in [2.24, 2.45) is 0 Å². The number of pyridine rings is 1. The highest BCUT2D eigenvalue weighted by molar-refractivity contribution is 7.10. The summed E-state index contributed by atoms with van der Waals surface area (Å²) in [5.41, 5.74) is 1.15. The summed E-state index contributed by atoms with van der Waals surface area (Å²) in [6, 6.07) is 5.01. The van der Waals surface area contributed by atoms with Crippen LogP contribution in [0.1, 0.15) is 20.8 Å². The summed E-state index contributed by atoms with van der Waals surface area (Å²) < 4.78 is 13.4. The minimum atomic E-state index is -0.725. The van der Waals surface area contributed by atoms with E-state index in [0.717, 1.165) is 10.4 Å². The Morgan fingerprint density at radius 2 is 2.28 bits per heavy atom. The van der Waals surface area contributed by atoms with Gasteiger partial charge in [0.2, 0.25) is 5.95 Å². The van der Waals surface area contributed by atoms with E-state index in [9.17, 15) is 9.18 Å². The van der Waals surface area contributed by atoms with E-state index in [1.54, 1.807) is 24.5 Å². The molecule has 5 heteroatoms. The van der Waals surface area contributed by atoms with Crippen LogP contribution in [0.3, 0.4) is 0 Å². The second kappa shape index (κ2) is 5.27. The van der Waals surface area contributed by atoms with Crippen molar-refractivity contribution < 1.29 is 9.18 Å². The number of thiophene rings is 1. The molecule has 94 valence electrons. The van der Waals surface area contributed by atoms with Crippen molar-refractivity contribution in [1.29, 1.82) is 0 Å². The fourth-order valence-corrected chi connectivity index (χ4v) is 2.56. The highest BCUT2D eigenvalue weighted by Crippen LogP contribution is 2.18. The molecule has 0 aliphatic carbocycles. The highest BCUT2D eigenvalue weighted by atomic mass is 32.1. The molecular weight excluding hydrogens is 251 g/mol. The Labute approximate surface area is 109 Å². The predicted octanol–water partition coefficient (Wildman–Crippen LogP) is 2.86. The van der Waals surface area contributed by atoms with Gasteiger partial charge >= 0.3 is 0 Å². The third kappa shape index (κ3) is 2.56. The average Bonchev–Trinajstić information content (AvgIpc) is 2.75. The van der Waals surface area contributed by atoms with Crippen molar-refractivity contribution >= 4 is 17.2 Å². The van der Waals surface area contributed by atoms with Crippen molar-refractivity contribution in [2.75, 3.05) is 7.05 Å². The molecule has 0 fully saturated rings. The first-order valence-electron chi connectivity index (χ1n) is 5.48. The third-order valence-corrected chi connectivity index (χ3v) is 3.69. The lowest BCUT2D eigenvalue weighted by molar-refractivity contribution is 0.0780. The molecule has 0 saturated carbocycles. The first-order valence-corrected chi connectivity index (χ1v) is 6.36. The van der Waals surface area contributed by atoms with Crippen LogP contribution in [0.5, 0.6) is 0 Å². The van der Waals surface area contributed by atoms with Gasteiger partial charge in [-0.05, 0) is 36.1 Å². The van der Waals surface area contributed by atoms with Crippen LogP contribution < -0.4 is 0 Å². The Morgan fingerprint density at radius 3 is 2.89 bits per heavy atom. The van der Waals surface area contributed by atoms with Crippen molar-refractivity contribution in [3.63, 3.8) is 0 Å². The average molecular weight is 264 g/mol. The van der Waals surface area contributed by atoms with Gasteiger partial charge < -0.3 is 4.90 Å². The molecule has 0 spiro atoms. The van der Waals surface area contributed by atoms with Gasteiger partial charge in [0.1, 0.15) is 0 Å². The Morgan fingerprint density at radius 1 is 1.50 bits per heavy atom. The molecule has 0 aliphatic rings. The van der Waals surface area contributed by atoms with Gasteiger partial charge in [-0.1, -0.05) is 0 Å². The van der Waals surface area contributed by atoms with Crippen LogP contribution in [0.25, 0.3) is 0 Å². The zero-order valence-corrected chi connectivity index (χ0v) is 11.0. The molecule has 2 rings (SSSR count). The number of nitrogens with zero attached hydrogens (tertiary/aromatic N) is 2. The molecule has 0 N–H and O–H groups in total. The maximum absolute atomic E-state index is 13.4. The maximum atomic E-state index is 13.4. The van der Waals surface area contributed by atoms with Crippen molar-refractivity contribution in [1.82, 2.24) is 9.88 Å². The van der Waals surface area contributed by atoms with Crippen LogP contribution in [0, 0.1) is 12.9 Å². The smallest absolute Gasteiger partial charge is 0.258 e. The summed E-state index contributed by atoms with van der Waals surface area (Å²) in [6.07, 6.45) is 1.33. The minimum Gasteiger partial charge on any atom is -0.336 e. The molecule has 0 saturated heterocycles. The Hall–Kier alpha value is -1.75. The zero-order chi connectivity index (χ0) is 13.1. The van der Waals surface area contributed by atoms with Gasteiger partial charge in [-0.3, -0.25) is 4.79 Å². The number of aryl methyl sites for hydroxylation is 1. The topological polar surface area (TPSA) is 33.2 Å². The molecular formula is C13H13FN2OS. The van der Waals surface area contributed by atoms with E-state index >= 15 is 0 Å². The van der Waals surface area contributed by atoms with E-state index in [1.165, 1.54) is 17.2 Å². The van der Waals surface area contributed by atoms with Crippen molar-refractivity contribution in [2.45, 2.75) is 13.5 Å². The summed E-state index contributed by atoms with van der Waals surface area (Å²) >= 11 is 1.59. The van der Waals surface area contributed by atoms with Gasteiger partial charge in [0, 0.05) is 18.1 Å². The number of aromatic nitrogens is 1.